The van der Waals surface area contributed by atoms with Crippen molar-refractivity contribution in [3.05, 3.63) is 30.1 Å². The molecule has 88 valence electrons. The Morgan fingerprint density at radius 2 is 2.25 bits per heavy atom. The van der Waals surface area contributed by atoms with Crippen molar-refractivity contribution >= 4 is 10.0 Å². The van der Waals surface area contributed by atoms with E-state index in [0.29, 0.717) is 13.0 Å². The van der Waals surface area contributed by atoms with E-state index in [-0.39, 0.29) is 6.04 Å². The molecule has 0 aromatic carbocycles. The number of aromatic nitrogens is 1. The van der Waals surface area contributed by atoms with Crippen LogP contribution in [0.3, 0.4) is 0 Å². The van der Waals surface area contributed by atoms with Crippen molar-refractivity contribution in [2.24, 2.45) is 5.14 Å². The molecule has 5 nitrogen and oxygen atoms in total. The predicted molar refractivity (Wildman–Crippen MR) is 61.1 cm³/mol. The minimum atomic E-state index is -3.41. The van der Waals surface area contributed by atoms with Crippen molar-refractivity contribution in [2.75, 3.05) is 6.54 Å². The summed E-state index contributed by atoms with van der Waals surface area (Å²) in [6, 6.07) is 4.05. The highest BCUT2D eigenvalue weighted by Gasteiger charge is 2.28. The van der Waals surface area contributed by atoms with E-state index in [1.54, 1.807) is 12.4 Å². The zero-order chi connectivity index (χ0) is 11.6. The standard InChI is InChI=1S/C10H15N3O2S/c11-16(14,15)9-3-4-10(13-7-9)8-2-1-5-12-6-8/h1-2,5-6,9-10,13H,3-4,7H2,(H2,11,14,15). The Morgan fingerprint density at radius 1 is 1.44 bits per heavy atom. The van der Waals surface area contributed by atoms with Crippen LogP contribution < -0.4 is 10.5 Å². The van der Waals surface area contributed by atoms with Gasteiger partial charge in [-0.15, -0.1) is 0 Å². The first-order valence-corrected chi connectivity index (χ1v) is 6.83. The number of nitrogens with two attached hydrogens (primary N) is 1. The quantitative estimate of drug-likeness (QED) is 0.772. The summed E-state index contributed by atoms with van der Waals surface area (Å²) >= 11 is 0. The van der Waals surface area contributed by atoms with Gasteiger partial charge < -0.3 is 5.32 Å². The Morgan fingerprint density at radius 3 is 2.75 bits per heavy atom. The predicted octanol–water partition coefficient (Wildman–Crippen LogP) is 0.163. The number of nitrogens with one attached hydrogen (secondary N) is 1. The zero-order valence-corrected chi connectivity index (χ0v) is 9.65. The monoisotopic (exact) mass is 241 g/mol. The molecular formula is C10H15N3O2S. The van der Waals surface area contributed by atoms with Crippen molar-refractivity contribution in [1.82, 2.24) is 10.3 Å². The number of primary sulfonamides is 1. The van der Waals surface area contributed by atoms with Crippen LogP contribution in [0.4, 0.5) is 0 Å². The molecule has 0 amide bonds. The van der Waals surface area contributed by atoms with Crippen LogP contribution in [0.5, 0.6) is 0 Å². The molecule has 1 aliphatic rings. The lowest BCUT2D eigenvalue weighted by Gasteiger charge is -2.28. The second kappa shape index (κ2) is 4.48. The number of hydrogen-bond acceptors (Lipinski definition) is 4. The van der Waals surface area contributed by atoms with Crippen molar-refractivity contribution < 1.29 is 8.42 Å². The molecule has 1 fully saturated rings. The molecule has 3 N–H and O–H groups in total. The van der Waals surface area contributed by atoms with Crippen LogP contribution in [-0.2, 0) is 10.0 Å². The number of sulfonamides is 1. The number of pyridine rings is 1. The molecule has 1 aromatic heterocycles. The molecule has 0 radical (unpaired) electrons. The van der Waals surface area contributed by atoms with Crippen molar-refractivity contribution in [1.29, 1.82) is 0 Å². The van der Waals surface area contributed by atoms with E-state index in [1.165, 1.54) is 0 Å². The molecule has 2 heterocycles. The van der Waals surface area contributed by atoms with Gasteiger partial charge in [0.25, 0.3) is 0 Å². The lowest BCUT2D eigenvalue weighted by atomic mass is 9.99. The van der Waals surface area contributed by atoms with E-state index in [9.17, 15) is 8.42 Å². The molecule has 0 aliphatic carbocycles. The molecule has 0 bridgehead atoms. The number of hydrogen-bond donors (Lipinski definition) is 2. The molecule has 6 heteroatoms. The second-order valence-electron chi connectivity index (χ2n) is 4.04. The van der Waals surface area contributed by atoms with Gasteiger partial charge in [-0.05, 0) is 24.5 Å². The van der Waals surface area contributed by atoms with Gasteiger partial charge in [0.2, 0.25) is 10.0 Å². The SMILES string of the molecule is NS(=O)(=O)C1CCC(c2cccnc2)NC1. The van der Waals surface area contributed by atoms with E-state index in [2.05, 4.69) is 10.3 Å². The Labute approximate surface area is 95.1 Å². The Kier molecular flexibility index (Phi) is 3.22. The number of rotatable bonds is 2. The largest absolute Gasteiger partial charge is 0.309 e. The third-order valence-corrected chi connectivity index (χ3v) is 4.25. The summed E-state index contributed by atoms with van der Waals surface area (Å²) in [6.07, 6.45) is 4.90. The molecular weight excluding hydrogens is 226 g/mol. The Bertz CT molecular complexity index is 438. The third-order valence-electron chi connectivity index (χ3n) is 2.92. The van der Waals surface area contributed by atoms with Crippen molar-refractivity contribution in [3.8, 4) is 0 Å². The minimum absolute atomic E-state index is 0.187. The maximum Gasteiger partial charge on any atom is 0.213 e. The average molecular weight is 241 g/mol. The average Bonchev–Trinajstić information content (AvgIpc) is 2.29. The number of piperidine rings is 1. The zero-order valence-electron chi connectivity index (χ0n) is 8.83. The first-order valence-electron chi connectivity index (χ1n) is 5.22. The summed E-state index contributed by atoms with van der Waals surface area (Å²) in [5.74, 6) is 0. The van der Waals surface area contributed by atoms with Crippen LogP contribution in [-0.4, -0.2) is 25.2 Å². The topological polar surface area (TPSA) is 85.1 Å². The maximum atomic E-state index is 11.2. The summed E-state index contributed by atoms with van der Waals surface area (Å²) in [5.41, 5.74) is 1.09. The van der Waals surface area contributed by atoms with E-state index in [1.807, 2.05) is 12.1 Å². The molecule has 1 aromatic rings. The van der Waals surface area contributed by atoms with Crippen LogP contribution in [0.25, 0.3) is 0 Å². The molecule has 0 spiro atoms. The molecule has 2 atom stereocenters. The van der Waals surface area contributed by atoms with Gasteiger partial charge in [-0.3, -0.25) is 4.98 Å². The van der Waals surface area contributed by atoms with Gasteiger partial charge in [-0.25, -0.2) is 13.6 Å². The molecule has 0 saturated carbocycles. The lowest BCUT2D eigenvalue weighted by Crippen LogP contribution is -2.43. The molecule has 1 saturated heterocycles. The Hall–Kier alpha value is -0.980. The van der Waals surface area contributed by atoms with Crippen LogP contribution in [0.15, 0.2) is 24.5 Å². The fourth-order valence-corrected chi connectivity index (χ4v) is 2.77. The number of nitrogens with zero attached hydrogens (tertiary/aromatic N) is 1. The van der Waals surface area contributed by atoms with Gasteiger partial charge in [-0.1, -0.05) is 6.07 Å². The summed E-state index contributed by atoms with van der Waals surface area (Å²) < 4.78 is 22.3. The Balaban J connectivity index is 2.01. The fraction of sp³-hybridized carbons (Fsp3) is 0.500. The minimum Gasteiger partial charge on any atom is -0.309 e. The molecule has 2 unspecified atom stereocenters. The van der Waals surface area contributed by atoms with Crippen LogP contribution in [0.1, 0.15) is 24.4 Å². The first-order chi connectivity index (χ1) is 7.57. The molecule has 2 rings (SSSR count). The second-order valence-corrected chi connectivity index (χ2v) is 5.88. The maximum absolute atomic E-state index is 11.2. The van der Waals surface area contributed by atoms with Crippen LogP contribution >= 0.6 is 0 Å². The van der Waals surface area contributed by atoms with Crippen LogP contribution in [0, 0.1) is 0 Å². The summed E-state index contributed by atoms with van der Waals surface area (Å²) in [7, 11) is -3.41. The van der Waals surface area contributed by atoms with Crippen LogP contribution in [0.2, 0.25) is 0 Å². The van der Waals surface area contributed by atoms with E-state index in [0.717, 1.165) is 12.0 Å². The summed E-state index contributed by atoms with van der Waals surface area (Å²) in [6.45, 7) is 0.415. The fourth-order valence-electron chi connectivity index (χ4n) is 1.98. The highest BCUT2D eigenvalue weighted by atomic mass is 32.2. The van der Waals surface area contributed by atoms with E-state index >= 15 is 0 Å². The first kappa shape index (κ1) is 11.5. The van der Waals surface area contributed by atoms with Crippen molar-refractivity contribution in [2.45, 2.75) is 24.1 Å². The van der Waals surface area contributed by atoms with Gasteiger partial charge in [0.1, 0.15) is 0 Å². The van der Waals surface area contributed by atoms with E-state index < -0.39 is 15.3 Å². The normalized spacial score (nSPS) is 26.6. The third kappa shape index (κ3) is 2.58. The smallest absolute Gasteiger partial charge is 0.213 e. The highest BCUT2D eigenvalue weighted by molar-refractivity contribution is 7.89. The summed E-state index contributed by atoms with van der Waals surface area (Å²) in [5, 5.41) is 7.85. The van der Waals surface area contributed by atoms with Gasteiger partial charge >= 0.3 is 0 Å². The van der Waals surface area contributed by atoms with Crippen molar-refractivity contribution in [3.63, 3.8) is 0 Å². The van der Waals surface area contributed by atoms with E-state index in [4.69, 9.17) is 5.14 Å². The lowest BCUT2D eigenvalue weighted by molar-refractivity contribution is 0.407. The van der Waals surface area contributed by atoms with Gasteiger partial charge in [0, 0.05) is 25.0 Å². The van der Waals surface area contributed by atoms with Gasteiger partial charge in [0.15, 0.2) is 0 Å². The molecule has 16 heavy (non-hydrogen) atoms. The van der Waals surface area contributed by atoms with Gasteiger partial charge in [-0.2, -0.15) is 0 Å². The highest BCUT2D eigenvalue weighted by Crippen LogP contribution is 2.24. The summed E-state index contributed by atoms with van der Waals surface area (Å²) in [4.78, 5) is 4.04. The van der Waals surface area contributed by atoms with Gasteiger partial charge in [0.05, 0.1) is 5.25 Å². The molecule has 1 aliphatic heterocycles.